The van der Waals surface area contributed by atoms with Gasteiger partial charge in [0.25, 0.3) is 0 Å². The van der Waals surface area contributed by atoms with Crippen molar-refractivity contribution in [2.24, 2.45) is 0 Å². The van der Waals surface area contributed by atoms with Gasteiger partial charge in [-0.25, -0.2) is 0 Å². The third-order valence-electron chi connectivity index (χ3n) is 4.01. The fourth-order valence-corrected chi connectivity index (χ4v) is 2.75. The Hall–Kier alpha value is -0.900. The van der Waals surface area contributed by atoms with E-state index >= 15 is 0 Å². The van der Waals surface area contributed by atoms with E-state index < -0.39 is 0 Å². The second-order valence-corrected chi connectivity index (χ2v) is 5.37. The molecule has 0 unspecified atom stereocenters. The van der Waals surface area contributed by atoms with Crippen molar-refractivity contribution in [3.05, 3.63) is 35.4 Å². The van der Waals surface area contributed by atoms with Gasteiger partial charge < -0.3 is 15.5 Å². The summed E-state index contributed by atoms with van der Waals surface area (Å²) in [6.07, 6.45) is 0. The van der Waals surface area contributed by atoms with Crippen LogP contribution in [0, 0.1) is 6.92 Å². The van der Waals surface area contributed by atoms with Gasteiger partial charge in [0.05, 0.1) is 7.05 Å². The zero-order chi connectivity index (χ0) is 12.3. The predicted octanol–water partition coefficient (Wildman–Crippen LogP) is -2.31. The third kappa shape index (κ3) is 3.06. The molecule has 1 aromatic rings. The van der Waals surface area contributed by atoms with Gasteiger partial charge in [-0.2, -0.15) is 0 Å². The molecule has 0 bridgehead atoms. The number of piperazine rings is 1. The summed E-state index contributed by atoms with van der Waals surface area (Å²) in [5, 5.41) is 0. The van der Waals surface area contributed by atoms with Crippen LogP contribution in [0.2, 0.25) is 0 Å². The Morgan fingerprint density at radius 1 is 1.12 bits per heavy atom. The van der Waals surface area contributed by atoms with Gasteiger partial charge in [-0.15, -0.1) is 0 Å². The normalized spacial score (nSPS) is 26.8. The Balaban J connectivity index is 2.08. The lowest BCUT2D eigenvalue weighted by Crippen LogP contribution is -3.27. The first kappa shape index (κ1) is 12.6. The smallest absolute Gasteiger partial charge is 0.163 e. The van der Waals surface area contributed by atoms with Crippen LogP contribution in [-0.4, -0.2) is 39.8 Å². The number of hydrogen-bond acceptors (Lipinski definition) is 0. The lowest BCUT2D eigenvalue weighted by atomic mass is 10.0. The van der Waals surface area contributed by atoms with Crippen LogP contribution in [-0.2, 0) is 0 Å². The highest BCUT2D eigenvalue weighted by atomic mass is 15.3. The van der Waals surface area contributed by atoms with Crippen LogP contribution in [0.25, 0.3) is 0 Å². The third-order valence-corrected chi connectivity index (χ3v) is 4.01. The lowest BCUT2D eigenvalue weighted by molar-refractivity contribution is -1.02. The van der Waals surface area contributed by atoms with Crippen LogP contribution in [0.5, 0.6) is 0 Å². The van der Waals surface area contributed by atoms with Crippen LogP contribution < -0.4 is 15.5 Å². The first-order chi connectivity index (χ1) is 8.20. The average molecular weight is 236 g/mol. The number of hydrogen-bond donors (Lipinski definition) is 3. The molecular formula is C14H26N3+3. The van der Waals surface area contributed by atoms with Gasteiger partial charge in [0.2, 0.25) is 0 Å². The van der Waals surface area contributed by atoms with Crippen molar-refractivity contribution >= 4 is 0 Å². The van der Waals surface area contributed by atoms with Crippen LogP contribution in [0.1, 0.15) is 17.2 Å². The molecule has 0 amide bonds. The van der Waals surface area contributed by atoms with Crippen LogP contribution >= 0.6 is 0 Å². The summed E-state index contributed by atoms with van der Waals surface area (Å²) >= 11 is 0. The first-order valence-corrected chi connectivity index (χ1v) is 6.72. The molecule has 2 rings (SSSR count). The zero-order valence-corrected chi connectivity index (χ0v) is 11.1. The molecule has 0 radical (unpaired) electrons. The van der Waals surface area contributed by atoms with Crippen LogP contribution in [0.15, 0.2) is 24.3 Å². The van der Waals surface area contributed by atoms with E-state index in [2.05, 4.69) is 44.0 Å². The summed E-state index contributed by atoms with van der Waals surface area (Å²) in [7, 11) is 2.29. The molecule has 0 spiro atoms. The van der Waals surface area contributed by atoms with Crippen molar-refractivity contribution in [3.63, 3.8) is 0 Å². The second-order valence-electron chi connectivity index (χ2n) is 5.37. The summed E-state index contributed by atoms with van der Waals surface area (Å²) < 4.78 is 0. The Labute approximate surface area is 104 Å². The quantitative estimate of drug-likeness (QED) is 0.528. The van der Waals surface area contributed by atoms with E-state index in [9.17, 15) is 0 Å². The average Bonchev–Trinajstić information content (AvgIpc) is 2.35. The fraction of sp³-hybridized carbons (Fsp3) is 0.571. The highest BCUT2D eigenvalue weighted by Gasteiger charge is 2.29. The van der Waals surface area contributed by atoms with Gasteiger partial charge in [0.1, 0.15) is 32.7 Å². The molecule has 0 aliphatic carbocycles. The molecule has 0 saturated carbocycles. The number of aryl methyl sites for hydroxylation is 1. The Kier molecular flexibility index (Phi) is 4.15. The van der Waals surface area contributed by atoms with Crippen LogP contribution in [0.3, 0.4) is 0 Å². The van der Waals surface area contributed by atoms with Crippen molar-refractivity contribution in [3.8, 4) is 0 Å². The van der Waals surface area contributed by atoms with Gasteiger partial charge in [-0.3, -0.25) is 0 Å². The van der Waals surface area contributed by atoms with E-state index in [1.54, 1.807) is 9.80 Å². The minimum absolute atomic E-state index is 0.587. The molecule has 94 valence electrons. The number of rotatable bonds is 3. The van der Waals surface area contributed by atoms with Gasteiger partial charge in [0.15, 0.2) is 6.04 Å². The van der Waals surface area contributed by atoms with Crippen molar-refractivity contribution in [2.75, 3.05) is 39.8 Å². The van der Waals surface area contributed by atoms with E-state index in [1.165, 1.54) is 37.3 Å². The summed E-state index contributed by atoms with van der Waals surface area (Å²) in [6, 6.07) is 9.59. The van der Waals surface area contributed by atoms with Crippen molar-refractivity contribution in [1.82, 2.24) is 0 Å². The largest absolute Gasteiger partial charge is 0.352 e. The molecule has 5 N–H and O–H groups in total. The summed E-state index contributed by atoms with van der Waals surface area (Å²) in [5.74, 6) is 0. The fourth-order valence-electron chi connectivity index (χ4n) is 2.75. The highest BCUT2D eigenvalue weighted by Crippen LogP contribution is 2.09. The molecule has 1 aromatic carbocycles. The van der Waals surface area contributed by atoms with E-state index in [4.69, 9.17) is 0 Å². The Morgan fingerprint density at radius 2 is 1.71 bits per heavy atom. The van der Waals surface area contributed by atoms with E-state index in [-0.39, 0.29) is 0 Å². The molecule has 3 heteroatoms. The molecule has 0 aromatic heterocycles. The molecule has 17 heavy (non-hydrogen) atoms. The first-order valence-electron chi connectivity index (χ1n) is 6.72. The number of nitrogens with one attached hydrogen (secondary N) is 2. The standard InChI is InChI=1S/C14H23N3/c1-12-3-5-13(6-4-12)14(11-15)17-9-7-16(2)8-10-17/h3-6,14H,7-11,15H2,1-2H3/p+3/t14-/m0/s1. The monoisotopic (exact) mass is 236 g/mol. The van der Waals surface area contributed by atoms with Crippen molar-refractivity contribution in [1.29, 1.82) is 0 Å². The minimum Gasteiger partial charge on any atom is -0.352 e. The molecule has 1 fully saturated rings. The minimum atomic E-state index is 0.587. The van der Waals surface area contributed by atoms with Gasteiger partial charge >= 0.3 is 0 Å². The van der Waals surface area contributed by atoms with Gasteiger partial charge in [-0.05, 0) is 6.92 Å². The predicted molar refractivity (Wildman–Crippen MR) is 69.0 cm³/mol. The van der Waals surface area contributed by atoms with Gasteiger partial charge in [0, 0.05) is 5.56 Å². The SMILES string of the molecule is Cc1ccc([C@H](C[NH3+])[NH+]2CC[NH+](C)CC2)cc1. The van der Waals surface area contributed by atoms with Crippen molar-refractivity contribution in [2.45, 2.75) is 13.0 Å². The molecule has 3 nitrogen and oxygen atoms in total. The maximum Gasteiger partial charge on any atom is 0.163 e. The van der Waals surface area contributed by atoms with Crippen molar-refractivity contribution < 1.29 is 15.5 Å². The molecule has 1 aliphatic heterocycles. The summed E-state index contributed by atoms with van der Waals surface area (Å²) in [5.41, 5.74) is 6.95. The van der Waals surface area contributed by atoms with E-state index in [0.717, 1.165) is 6.54 Å². The number of quaternary nitrogens is 3. The Morgan fingerprint density at radius 3 is 2.24 bits per heavy atom. The summed E-state index contributed by atoms with van der Waals surface area (Å²) in [4.78, 5) is 3.38. The van der Waals surface area contributed by atoms with Crippen LogP contribution in [0.4, 0.5) is 0 Å². The molecule has 1 aliphatic rings. The maximum absolute atomic E-state index is 4.15. The van der Waals surface area contributed by atoms with E-state index in [0.29, 0.717) is 6.04 Å². The summed E-state index contributed by atoms with van der Waals surface area (Å²) in [6.45, 7) is 8.28. The topological polar surface area (TPSA) is 36.5 Å². The maximum atomic E-state index is 4.15. The lowest BCUT2D eigenvalue weighted by Gasteiger charge is -2.32. The molecular weight excluding hydrogens is 210 g/mol. The highest BCUT2D eigenvalue weighted by molar-refractivity contribution is 5.22. The second kappa shape index (κ2) is 5.63. The zero-order valence-electron chi connectivity index (χ0n) is 11.1. The number of likely N-dealkylation sites (N-methyl/N-ethyl adjacent to an activating group) is 1. The molecule has 1 heterocycles. The number of benzene rings is 1. The Bertz CT molecular complexity index is 339. The molecule has 1 atom stereocenters. The van der Waals surface area contributed by atoms with Gasteiger partial charge in [-0.1, -0.05) is 29.8 Å². The van der Waals surface area contributed by atoms with E-state index in [1.807, 2.05) is 0 Å². The molecule has 1 saturated heterocycles.